The van der Waals surface area contributed by atoms with Crippen molar-refractivity contribution in [1.82, 2.24) is 14.9 Å². The topological polar surface area (TPSA) is 76.4 Å². The molecule has 3 aromatic rings. The van der Waals surface area contributed by atoms with E-state index in [0.717, 1.165) is 36.1 Å². The number of aromatic nitrogens is 2. The van der Waals surface area contributed by atoms with Crippen molar-refractivity contribution in [3.8, 4) is 5.75 Å². The van der Waals surface area contributed by atoms with E-state index < -0.39 is 12.1 Å². The van der Waals surface area contributed by atoms with Gasteiger partial charge in [0.05, 0.1) is 11.0 Å². The molecular weight excluding hydrogens is 495 g/mol. The van der Waals surface area contributed by atoms with Crippen molar-refractivity contribution >= 4 is 28.6 Å². The van der Waals surface area contributed by atoms with E-state index in [-0.39, 0.29) is 0 Å². The number of alkyl halides is 3. The van der Waals surface area contributed by atoms with Gasteiger partial charge in [-0.25, -0.2) is 9.78 Å². The maximum Gasteiger partial charge on any atom is 0.490 e. The van der Waals surface area contributed by atoms with E-state index in [1.807, 2.05) is 24.3 Å². The van der Waals surface area contributed by atoms with Crippen molar-refractivity contribution in [2.45, 2.75) is 58.9 Å². The summed E-state index contributed by atoms with van der Waals surface area (Å²) in [5, 5.41) is 11.4. The fourth-order valence-corrected chi connectivity index (χ4v) is 4.35. The Hall–Kier alpha value is -2.78. The number of hydrogen-bond donors (Lipinski definition) is 2. The molecule has 2 aromatic carbocycles. The molecule has 1 atom stereocenters. The minimum atomic E-state index is -5.08. The molecule has 196 valence electrons. The van der Waals surface area contributed by atoms with Crippen molar-refractivity contribution in [3.05, 3.63) is 58.4 Å². The van der Waals surface area contributed by atoms with Gasteiger partial charge >= 0.3 is 12.1 Å². The summed E-state index contributed by atoms with van der Waals surface area (Å²) in [6.07, 6.45) is -0.00643. The van der Waals surface area contributed by atoms with E-state index in [0.29, 0.717) is 11.6 Å². The average molecular weight is 526 g/mol. The van der Waals surface area contributed by atoms with Crippen LogP contribution in [0.2, 0.25) is 5.02 Å². The zero-order chi connectivity index (χ0) is 26.3. The molecule has 1 unspecified atom stereocenters. The first kappa shape index (κ1) is 27.8. The number of aryl methyl sites for hydroxylation is 3. The number of carbonyl (C=O) groups is 1. The fraction of sp³-hybridized carbons (Fsp3) is 0.462. The van der Waals surface area contributed by atoms with Gasteiger partial charge in [0.2, 0.25) is 0 Å². The predicted molar refractivity (Wildman–Crippen MR) is 134 cm³/mol. The first-order valence-electron chi connectivity index (χ1n) is 11.9. The molecule has 0 spiro atoms. The zero-order valence-corrected chi connectivity index (χ0v) is 21.1. The number of hydrogen-bond acceptors (Lipinski definition) is 4. The van der Waals surface area contributed by atoms with Gasteiger partial charge in [0.25, 0.3) is 0 Å². The number of fused-ring (bicyclic) bond motifs is 1. The van der Waals surface area contributed by atoms with Crippen LogP contribution >= 0.6 is 11.6 Å². The predicted octanol–water partition coefficient (Wildman–Crippen LogP) is 6.30. The van der Waals surface area contributed by atoms with Gasteiger partial charge in [0.15, 0.2) is 0 Å². The normalized spacial score (nSPS) is 15.9. The third-order valence-corrected chi connectivity index (χ3v) is 6.59. The van der Waals surface area contributed by atoms with Crippen molar-refractivity contribution in [2.24, 2.45) is 5.92 Å². The second-order valence-corrected chi connectivity index (χ2v) is 9.39. The second-order valence-electron chi connectivity index (χ2n) is 8.95. The number of carboxylic acid groups (broad SMARTS) is 1. The minimum absolute atomic E-state index is 0.458. The first-order valence-corrected chi connectivity index (χ1v) is 12.3. The Morgan fingerprint density at radius 1 is 1.22 bits per heavy atom. The summed E-state index contributed by atoms with van der Waals surface area (Å²) in [5.74, 6) is -0.150. The fourth-order valence-electron chi connectivity index (χ4n) is 4.22. The number of piperidine rings is 1. The summed E-state index contributed by atoms with van der Waals surface area (Å²) in [6, 6.07) is 11.9. The van der Waals surface area contributed by atoms with Gasteiger partial charge in [0.1, 0.15) is 18.2 Å². The van der Waals surface area contributed by atoms with Crippen LogP contribution in [0.5, 0.6) is 5.75 Å². The third-order valence-electron chi connectivity index (χ3n) is 6.34. The van der Waals surface area contributed by atoms with Crippen molar-refractivity contribution < 1.29 is 27.8 Å². The van der Waals surface area contributed by atoms with Crippen LogP contribution in [0.25, 0.3) is 11.0 Å². The number of benzene rings is 2. The summed E-state index contributed by atoms with van der Waals surface area (Å²) in [7, 11) is 0. The zero-order valence-electron chi connectivity index (χ0n) is 20.4. The van der Waals surface area contributed by atoms with Crippen LogP contribution in [0, 0.1) is 19.8 Å². The molecule has 1 aromatic heterocycles. The Labute approximate surface area is 213 Å². The van der Waals surface area contributed by atoms with Gasteiger partial charge in [-0.15, -0.1) is 0 Å². The number of nitrogens with one attached hydrogen (secondary N) is 1. The van der Waals surface area contributed by atoms with Gasteiger partial charge in [-0.2, -0.15) is 13.2 Å². The van der Waals surface area contributed by atoms with Crippen molar-refractivity contribution in [3.63, 3.8) is 0 Å². The number of carboxylic acids is 1. The van der Waals surface area contributed by atoms with E-state index in [2.05, 4.69) is 35.9 Å². The van der Waals surface area contributed by atoms with Crippen LogP contribution < -0.4 is 10.1 Å². The Morgan fingerprint density at radius 2 is 1.92 bits per heavy atom. The lowest BCUT2D eigenvalue weighted by Gasteiger charge is -2.22. The van der Waals surface area contributed by atoms with E-state index in [9.17, 15) is 13.2 Å². The number of aliphatic carboxylic acids is 1. The molecule has 36 heavy (non-hydrogen) atoms. The van der Waals surface area contributed by atoms with Crippen LogP contribution in [0.15, 0.2) is 36.4 Å². The second kappa shape index (κ2) is 12.5. The average Bonchev–Trinajstić information content (AvgIpc) is 3.20. The van der Waals surface area contributed by atoms with Crippen molar-refractivity contribution in [2.75, 3.05) is 13.1 Å². The lowest BCUT2D eigenvalue weighted by Crippen LogP contribution is -2.29. The summed E-state index contributed by atoms with van der Waals surface area (Å²) < 4.78 is 40.1. The van der Waals surface area contributed by atoms with Crippen LogP contribution in [0.4, 0.5) is 13.2 Å². The molecular formula is C26H31ClF3N3O3. The summed E-state index contributed by atoms with van der Waals surface area (Å²) >= 11 is 5.98. The number of imidazole rings is 1. The molecule has 0 aliphatic carbocycles. The molecule has 0 saturated carbocycles. The minimum Gasteiger partial charge on any atom is -0.486 e. The molecule has 0 bridgehead atoms. The Bertz CT molecular complexity index is 1160. The van der Waals surface area contributed by atoms with Crippen LogP contribution in [-0.2, 0) is 17.9 Å². The maximum absolute atomic E-state index is 10.6. The molecule has 10 heteroatoms. The number of ether oxygens (including phenoxy) is 1. The summed E-state index contributed by atoms with van der Waals surface area (Å²) in [6.45, 7) is 8.08. The molecule has 1 aliphatic heterocycles. The lowest BCUT2D eigenvalue weighted by atomic mass is 9.95. The quantitative estimate of drug-likeness (QED) is 0.378. The van der Waals surface area contributed by atoms with Crippen molar-refractivity contribution in [1.29, 1.82) is 0 Å². The molecule has 2 heterocycles. The van der Waals surface area contributed by atoms with Gasteiger partial charge in [-0.1, -0.05) is 17.7 Å². The highest BCUT2D eigenvalue weighted by Crippen LogP contribution is 2.25. The molecule has 4 rings (SSSR count). The van der Waals surface area contributed by atoms with Gasteiger partial charge in [0, 0.05) is 11.6 Å². The smallest absolute Gasteiger partial charge is 0.486 e. The lowest BCUT2D eigenvalue weighted by molar-refractivity contribution is -0.192. The molecule has 0 radical (unpaired) electrons. The van der Waals surface area contributed by atoms with Crippen LogP contribution in [0.3, 0.4) is 0 Å². The number of halogens is 4. The SMILES string of the molecule is Cc1ccc2c(nc(COc3ccc(Cl)cc3)n2CCCC2CCCNC2)c1C.O=C(O)C(F)(F)F. The Morgan fingerprint density at radius 3 is 2.53 bits per heavy atom. The van der Waals surface area contributed by atoms with E-state index in [4.69, 9.17) is 31.2 Å². The van der Waals surface area contributed by atoms with E-state index in [1.165, 1.54) is 48.9 Å². The van der Waals surface area contributed by atoms with Crippen LogP contribution in [0.1, 0.15) is 42.6 Å². The molecule has 1 fully saturated rings. The van der Waals surface area contributed by atoms with Gasteiger partial charge in [-0.05, 0) is 100.0 Å². The Balaban J connectivity index is 0.000000454. The van der Waals surface area contributed by atoms with E-state index >= 15 is 0 Å². The largest absolute Gasteiger partial charge is 0.490 e. The van der Waals surface area contributed by atoms with Gasteiger partial charge < -0.3 is 19.7 Å². The standard InChI is InChI=1S/C24H30ClN3O.C2HF3O2/c1-17-7-12-22-24(18(17)2)27-23(16-29-21-10-8-20(25)9-11-21)28(22)14-4-6-19-5-3-13-26-15-19;3-2(4,5)1(6)7/h7-12,19,26H,3-6,13-16H2,1-2H3;(H,6,7). The first-order chi connectivity index (χ1) is 17.1. The Kier molecular flexibility index (Phi) is 9.62. The molecule has 2 N–H and O–H groups in total. The molecule has 6 nitrogen and oxygen atoms in total. The highest BCUT2D eigenvalue weighted by atomic mass is 35.5. The van der Waals surface area contributed by atoms with Crippen LogP contribution in [-0.4, -0.2) is 39.9 Å². The highest BCUT2D eigenvalue weighted by Gasteiger charge is 2.38. The number of rotatable bonds is 7. The molecule has 1 saturated heterocycles. The maximum atomic E-state index is 10.6. The molecule has 1 aliphatic rings. The highest BCUT2D eigenvalue weighted by molar-refractivity contribution is 6.30. The summed E-state index contributed by atoms with van der Waals surface area (Å²) in [5.41, 5.74) is 4.84. The third kappa shape index (κ3) is 7.61. The summed E-state index contributed by atoms with van der Waals surface area (Å²) in [4.78, 5) is 13.9. The monoisotopic (exact) mass is 525 g/mol. The van der Waals surface area contributed by atoms with E-state index in [1.54, 1.807) is 0 Å². The number of nitrogens with zero attached hydrogens (tertiary/aromatic N) is 2. The molecule has 0 amide bonds. The van der Waals surface area contributed by atoms with Gasteiger partial charge in [-0.3, -0.25) is 0 Å².